The van der Waals surface area contributed by atoms with Gasteiger partial charge in [0.25, 0.3) is 0 Å². The van der Waals surface area contributed by atoms with Crippen molar-refractivity contribution in [3.8, 4) is 0 Å². The van der Waals surface area contributed by atoms with Crippen molar-refractivity contribution in [2.24, 2.45) is 0 Å². The first kappa shape index (κ1) is 9.41. The van der Waals surface area contributed by atoms with Crippen molar-refractivity contribution in [1.29, 1.82) is 0 Å². The van der Waals surface area contributed by atoms with Crippen LogP contribution < -0.4 is 0 Å². The lowest BCUT2D eigenvalue weighted by molar-refractivity contribution is 0.190. The minimum absolute atomic E-state index is 0.721. The first-order valence-corrected chi connectivity index (χ1v) is 6.20. The van der Waals surface area contributed by atoms with Crippen molar-refractivity contribution in [2.75, 3.05) is 6.54 Å². The van der Waals surface area contributed by atoms with Gasteiger partial charge in [-0.2, -0.15) is 0 Å². The molecule has 1 aromatic carbocycles. The van der Waals surface area contributed by atoms with Crippen molar-refractivity contribution in [2.45, 2.75) is 44.7 Å². The van der Waals surface area contributed by atoms with Crippen LogP contribution in [0, 0.1) is 0 Å². The van der Waals surface area contributed by atoms with Gasteiger partial charge >= 0.3 is 0 Å². The van der Waals surface area contributed by atoms with Gasteiger partial charge < -0.3 is 0 Å². The molecular weight excluding hydrogens is 182 g/mol. The molecule has 80 valence electrons. The summed E-state index contributed by atoms with van der Waals surface area (Å²) in [6, 6.07) is 10.5. The summed E-state index contributed by atoms with van der Waals surface area (Å²) in [5.74, 6) is 0. The zero-order chi connectivity index (χ0) is 10.3. The molecule has 3 rings (SSSR count). The Morgan fingerprint density at radius 2 is 2.07 bits per heavy atom. The smallest absolute Gasteiger partial charge is 0.0356 e. The van der Waals surface area contributed by atoms with E-state index >= 15 is 0 Å². The quantitative estimate of drug-likeness (QED) is 0.674. The first-order chi connectivity index (χ1) is 7.36. The summed E-state index contributed by atoms with van der Waals surface area (Å²) < 4.78 is 0. The van der Waals surface area contributed by atoms with E-state index in [-0.39, 0.29) is 0 Å². The van der Waals surface area contributed by atoms with E-state index in [0.29, 0.717) is 0 Å². The summed E-state index contributed by atoms with van der Waals surface area (Å²) in [6.07, 6.45) is 5.40. The van der Waals surface area contributed by atoms with E-state index in [9.17, 15) is 0 Å². The van der Waals surface area contributed by atoms with Crippen molar-refractivity contribution < 1.29 is 0 Å². The minimum Gasteiger partial charge on any atom is -0.294 e. The van der Waals surface area contributed by atoms with Crippen LogP contribution in [0.3, 0.4) is 0 Å². The van der Waals surface area contributed by atoms with E-state index in [1.807, 2.05) is 0 Å². The molecule has 1 fully saturated rings. The molecule has 0 amide bonds. The van der Waals surface area contributed by atoms with E-state index < -0.39 is 0 Å². The Morgan fingerprint density at radius 3 is 2.87 bits per heavy atom. The van der Waals surface area contributed by atoms with Crippen LogP contribution in [0.4, 0.5) is 0 Å². The molecule has 1 aromatic rings. The summed E-state index contributed by atoms with van der Waals surface area (Å²) in [7, 11) is 0. The second kappa shape index (κ2) is 3.64. The van der Waals surface area contributed by atoms with Gasteiger partial charge in [0.2, 0.25) is 0 Å². The topological polar surface area (TPSA) is 3.24 Å². The van der Waals surface area contributed by atoms with Crippen LogP contribution in [0.1, 0.15) is 43.4 Å². The predicted molar refractivity (Wildman–Crippen MR) is 62.9 cm³/mol. The third-order valence-electron chi connectivity index (χ3n) is 4.11. The fraction of sp³-hybridized carbons (Fsp3) is 0.571. The van der Waals surface area contributed by atoms with E-state index in [4.69, 9.17) is 0 Å². The molecule has 1 aliphatic heterocycles. The number of benzene rings is 1. The van der Waals surface area contributed by atoms with Crippen molar-refractivity contribution in [3.05, 3.63) is 35.4 Å². The van der Waals surface area contributed by atoms with Crippen LogP contribution in [0.2, 0.25) is 0 Å². The fourth-order valence-corrected chi connectivity index (χ4v) is 3.30. The van der Waals surface area contributed by atoms with Gasteiger partial charge in [-0.15, -0.1) is 0 Å². The van der Waals surface area contributed by atoms with Crippen molar-refractivity contribution in [3.63, 3.8) is 0 Å². The molecule has 0 aromatic heterocycles. The van der Waals surface area contributed by atoms with Gasteiger partial charge in [-0.05, 0) is 50.3 Å². The highest BCUT2D eigenvalue weighted by molar-refractivity contribution is 5.34. The van der Waals surface area contributed by atoms with Crippen LogP contribution in [0.5, 0.6) is 0 Å². The van der Waals surface area contributed by atoms with Crippen LogP contribution in [-0.2, 0) is 6.42 Å². The Hall–Kier alpha value is -0.820. The molecule has 0 spiro atoms. The lowest BCUT2D eigenvalue weighted by Gasteiger charge is -2.29. The molecule has 1 heterocycles. The SMILES string of the molecule is C[C@H]1CCCN1C1CCc2ccccc21. The maximum atomic E-state index is 2.71. The van der Waals surface area contributed by atoms with Gasteiger partial charge in [-0.1, -0.05) is 24.3 Å². The minimum atomic E-state index is 0.721. The molecule has 0 radical (unpaired) electrons. The molecular formula is C14H19N. The normalized spacial score (nSPS) is 30.7. The number of hydrogen-bond acceptors (Lipinski definition) is 1. The number of aryl methyl sites for hydroxylation is 1. The highest BCUT2D eigenvalue weighted by atomic mass is 15.2. The summed E-state index contributed by atoms with van der Waals surface area (Å²) in [6.45, 7) is 3.69. The predicted octanol–water partition coefficient (Wildman–Crippen LogP) is 3.16. The van der Waals surface area contributed by atoms with Crippen LogP contribution >= 0.6 is 0 Å². The molecule has 1 saturated heterocycles. The molecule has 2 aliphatic rings. The lowest BCUT2D eigenvalue weighted by Crippen LogP contribution is -2.30. The van der Waals surface area contributed by atoms with E-state index in [1.165, 1.54) is 32.2 Å². The fourth-order valence-electron chi connectivity index (χ4n) is 3.30. The summed E-state index contributed by atoms with van der Waals surface area (Å²) in [5, 5.41) is 0. The number of nitrogens with zero attached hydrogens (tertiary/aromatic N) is 1. The Labute approximate surface area is 92.1 Å². The van der Waals surface area contributed by atoms with Gasteiger partial charge in [-0.3, -0.25) is 4.90 Å². The standard InChI is InChI=1S/C14H19N/c1-11-5-4-10-15(11)14-9-8-12-6-2-3-7-13(12)14/h2-3,6-7,11,14H,4-5,8-10H2,1H3/t11-,14?/m0/s1. The summed E-state index contributed by atoms with van der Waals surface area (Å²) >= 11 is 0. The molecule has 1 aliphatic carbocycles. The highest BCUT2D eigenvalue weighted by Gasteiger charge is 2.32. The molecule has 15 heavy (non-hydrogen) atoms. The van der Waals surface area contributed by atoms with Crippen LogP contribution in [-0.4, -0.2) is 17.5 Å². The van der Waals surface area contributed by atoms with Gasteiger partial charge in [0.15, 0.2) is 0 Å². The Bertz CT molecular complexity index is 358. The zero-order valence-corrected chi connectivity index (χ0v) is 9.45. The van der Waals surface area contributed by atoms with Gasteiger partial charge in [0.05, 0.1) is 0 Å². The largest absolute Gasteiger partial charge is 0.294 e. The van der Waals surface area contributed by atoms with Gasteiger partial charge in [0.1, 0.15) is 0 Å². The van der Waals surface area contributed by atoms with E-state index in [1.54, 1.807) is 11.1 Å². The van der Waals surface area contributed by atoms with Crippen LogP contribution in [0.25, 0.3) is 0 Å². The first-order valence-electron chi connectivity index (χ1n) is 6.20. The van der Waals surface area contributed by atoms with Crippen molar-refractivity contribution in [1.82, 2.24) is 4.90 Å². The Balaban J connectivity index is 1.90. The summed E-state index contributed by atoms with van der Waals surface area (Å²) in [4.78, 5) is 2.71. The number of hydrogen-bond donors (Lipinski definition) is 0. The Kier molecular flexibility index (Phi) is 2.28. The summed E-state index contributed by atoms with van der Waals surface area (Å²) in [5.41, 5.74) is 3.19. The Morgan fingerprint density at radius 1 is 1.20 bits per heavy atom. The second-order valence-corrected chi connectivity index (χ2v) is 4.98. The monoisotopic (exact) mass is 201 g/mol. The number of likely N-dealkylation sites (tertiary alicyclic amines) is 1. The lowest BCUT2D eigenvalue weighted by atomic mass is 10.1. The highest BCUT2D eigenvalue weighted by Crippen LogP contribution is 2.39. The average Bonchev–Trinajstić information content (AvgIpc) is 2.83. The van der Waals surface area contributed by atoms with Gasteiger partial charge in [0, 0.05) is 12.1 Å². The molecule has 0 saturated carbocycles. The molecule has 1 heteroatoms. The maximum Gasteiger partial charge on any atom is 0.0356 e. The van der Waals surface area contributed by atoms with Crippen LogP contribution in [0.15, 0.2) is 24.3 Å². The molecule has 1 unspecified atom stereocenters. The van der Waals surface area contributed by atoms with Crippen molar-refractivity contribution >= 4 is 0 Å². The molecule has 0 bridgehead atoms. The average molecular weight is 201 g/mol. The third-order valence-corrected chi connectivity index (χ3v) is 4.11. The maximum absolute atomic E-state index is 2.71. The zero-order valence-electron chi connectivity index (χ0n) is 9.45. The molecule has 1 nitrogen and oxygen atoms in total. The van der Waals surface area contributed by atoms with Gasteiger partial charge in [-0.25, -0.2) is 0 Å². The number of fused-ring (bicyclic) bond motifs is 1. The van der Waals surface area contributed by atoms with E-state index in [2.05, 4.69) is 36.1 Å². The van der Waals surface area contributed by atoms with E-state index in [0.717, 1.165) is 12.1 Å². The molecule has 2 atom stereocenters. The molecule has 0 N–H and O–H groups in total. The second-order valence-electron chi connectivity index (χ2n) is 4.98. The number of rotatable bonds is 1. The third kappa shape index (κ3) is 1.50.